The lowest BCUT2D eigenvalue weighted by molar-refractivity contribution is -0.288. The second-order valence-corrected chi connectivity index (χ2v) is 13.8. The van der Waals surface area contributed by atoms with Crippen LogP contribution >= 0.6 is 0 Å². The summed E-state index contributed by atoms with van der Waals surface area (Å²) in [6, 6.07) is 1.87. The molecule has 1 spiro atoms. The first-order valence-corrected chi connectivity index (χ1v) is 13.9. The Balaban J connectivity index is 1.54. The molecule has 1 N–H and O–H groups in total. The molecule has 5 aliphatic rings. The molecule has 0 unspecified atom stereocenters. The smallest absolute Gasteiger partial charge is 0.302 e. The van der Waals surface area contributed by atoms with Crippen molar-refractivity contribution in [3.63, 3.8) is 0 Å². The molecule has 0 radical (unpaired) electrons. The Morgan fingerprint density at radius 2 is 1.66 bits per heavy atom. The SMILES string of the molecule is CC(=O)O[C@H]1C[C@@H](O)C(C)(C)[C@H]2C[C@H](OC(C)=O)[C@]3(C)[C@H](CC[C@]4(C)[C@@H](c5ccoc5)C(=O)[C@@H]5O[C@]534)[C@@]12C. The van der Waals surface area contributed by atoms with Gasteiger partial charge in [0.25, 0.3) is 0 Å². The van der Waals surface area contributed by atoms with Crippen molar-refractivity contribution in [2.75, 3.05) is 0 Å². The van der Waals surface area contributed by atoms with Crippen LogP contribution in [0.5, 0.6) is 0 Å². The second kappa shape index (κ2) is 7.72. The standard InChI is InChI=1S/C30H40O8/c1-15(31)36-21-13-20(33)26(3,4)19-12-22(37-16(2)32)29(7)18(28(19,21)6)8-10-27(5)23(17-9-11-35-14-17)24(34)25-30(27,29)38-25/h9,11,14,18-23,25,33H,8,10,12-13H2,1-7H3/t18-,19-,20-,21+,22+,23+,25+,27-,28-,29+,30+/m1/s1. The van der Waals surface area contributed by atoms with Crippen LogP contribution in [0, 0.1) is 33.5 Å². The molecule has 38 heavy (non-hydrogen) atoms. The predicted molar refractivity (Wildman–Crippen MR) is 135 cm³/mol. The average molecular weight is 529 g/mol. The normalized spacial score (nSPS) is 50.2. The van der Waals surface area contributed by atoms with E-state index in [1.54, 1.807) is 12.5 Å². The fourth-order valence-corrected chi connectivity index (χ4v) is 10.5. The fourth-order valence-electron chi connectivity index (χ4n) is 10.5. The van der Waals surface area contributed by atoms with E-state index in [1.165, 1.54) is 13.8 Å². The van der Waals surface area contributed by atoms with Gasteiger partial charge in [-0.25, -0.2) is 0 Å². The van der Waals surface area contributed by atoms with Crippen molar-refractivity contribution in [2.24, 2.45) is 33.5 Å². The Labute approximate surface area is 223 Å². The Hall–Kier alpha value is -2.19. The minimum absolute atomic E-state index is 0.0561. The summed E-state index contributed by atoms with van der Waals surface area (Å²) in [4.78, 5) is 38.8. The minimum Gasteiger partial charge on any atom is -0.472 e. The van der Waals surface area contributed by atoms with Crippen molar-refractivity contribution in [3.8, 4) is 0 Å². The predicted octanol–water partition coefficient (Wildman–Crippen LogP) is 4.19. The number of ketones is 1. The zero-order valence-corrected chi connectivity index (χ0v) is 23.4. The summed E-state index contributed by atoms with van der Waals surface area (Å²) >= 11 is 0. The van der Waals surface area contributed by atoms with Gasteiger partial charge in [-0.3, -0.25) is 14.4 Å². The summed E-state index contributed by atoms with van der Waals surface area (Å²) in [5, 5.41) is 11.3. The van der Waals surface area contributed by atoms with Crippen molar-refractivity contribution in [3.05, 3.63) is 24.2 Å². The fraction of sp³-hybridized carbons (Fsp3) is 0.767. The highest BCUT2D eigenvalue weighted by Crippen LogP contribution is 2.82. The molecule has 2 heterocycles. The third kappa shape index (κ3) is 2.81. The van der Waals surface area contributed by atoms with Gasteiger partial charge in [0.15, 0.2) is 5.78 Å². The van der Waals surface area contributed by atoms with Gasteiger partial charge in [0.1, 0.15) is 23.9 Å². The summed E-state index contributed by atoms with van der Waals surface area (Å²) in [5.74, 6) is -1.23. The molecule has 1 aromatic rings. The highest BCUT2D eigenvalue weighted by Gasteiger charge is 2.90. The molecule has 1 saturated heterocycles. The number of aliphatic hydroxyl groups excluding tert-OH is 1. The van der Waals surface area contributed by atoms with Crippen LogP contribution in [0.4, 0.5) is 0 Å². The van der Waals surface area contributed by atoms with Crippen LogP contribution in [-0.2, 0) is 28.6 Å². The molecule has 0 amide bonds. The summed E-state index contributed by atoms with van der Waals surface area (Å²) in [5.41, 5.74) is -2.23. The Bertz CT molecular complexity index is 1190. The van der Waals surface area contributed by atoms with Gasteiger partial charge >= 0.3 is 11.9 Å². The zero-order chi connectivity index (χ0) is 27.6. The molecule has 208 valence electrons. The Morgan fingerprint density at radius 1 is 1.00 bits per heavy atom. The molecule has 8 nitrogen and oxygen atoms in total. The van der Waals surface area contributed by atoms with Gasteiger partial charge in [-0.15, -0.1) is 0 Å². The van der Waals surface area contributed by atoms with E-state index in [0.717, 1.165) is 18.4 Å². The molecule has 6 rings (SSSR count). The highest BCUT2D eigenvalue weighted by atomic mass is 16.6. The quantitative estimate of drug-likeness (QED) is 0.459. The van der Waals surface area contributed by atoms with E-state index in [4.69, 9.17) is 18.6 Å². The molecule has 0 bridgehead atoms. The number of rotatable bonds is 3. The van der Waals surface area contributed by atoms with Gasteiger partial charge in [-0.05, 0) is 42.6 Å². The number of furan rings is 1. The van der Waals surface area contributed by atoms with Crippen LogP contribution in [-0.4, -0.2) is 52.8 Å². The number of hydrogen-bond acceptors (Lipinski definition) is 8. The topological polar surface area (TPSA) is 116 Å². The van der Waals surface area contributed by atoms with E-state index < -0.39 is 51.7 Å². The first-order valence-electron chi connectivity index (χ1n) is 13.9. The van der Waals surface area contributed by atoms with Gasteiger partial charge in [-0.2, -0.15) is 0 Å². The maximum Gasteiger partial charge on any atom is 0.302 e. The highest BCUT2D eigenvalue weighted by molar-refractivity contribution is 5.98. The third-order valence-corrected chi connectivity index (χ3v) is 12.1. The number of ether oxygens (including phenoxy) is 3. The van der Waals surface area contributed by atoms with Crippen molar-refractivity contribution < 1.29 is 38.1 Å². The van der Waals surface area contributed by atoms with Gasteiger partial charge < -0.3 is 23.7 Å². The lowest BCUT2D eigenvalue weighted by atomic mass is 9.35. The maximum atomic E-state index is 13.9. The van der Waals surface area contributed by atoms with Crippen molar-refractivity contribution in [1.29, 1.82) is 0 Å². The van der Waals surface area contributed by atoms with Crippen LogP contribution in [0.2, 0.25) is 0 Å². The van der Waals surface area contributed by atoms with Crippen LogP contribution in [0.15, 0.2) is 23.0 Å². The summed E-state index contributed by atoms with van der Waals surface area (Å²) in [6.07, 6.45) is 3.28. The number of carbonyl (C=O) groups is 3. The molecule has 4 aliphatic carbocycles. The van der Waals surface area contributed by atoms with Crippen molar-refractivity contribution in [1.82, 2.24) is 0 Å². The van der Waals surface area contributed by atoms with Gasteiger partial charge in [0.05, 0.1) is 24.5 Å². The Morgan fingerprint density at radius 3 is 2.26 bits per heavy atom. The number of fused-ring (bicyclic) bond motifs is 3. The van der Waals surface area contributed by atoms with Crippen LogP contribution in [0.3, 0.4) is 0 Å². The lowest BCUT2D eigenvalue weighted by Crippen LogP contribution is -2.74. The van der Waals surface area contributed by atoms with E-state index in [0.29, 0.717) is 12.8 Å². The molecule has 4 saturated carbocycles. The summed E-state index contributed by atoms with van der Waals surface area (Å²) in [7, 11) is 0. The van der Waals surface area contributed by atoms with Crippen LogP contribution in [0.1, 0.15) is 85.6 Å². The van der Waals surface area contributed by atoms with E-state index in [-0.39, 0.29) is 35.5 Å². The number of hydrogen-bond donors (Lipinski definition) is 1. The molecule has 11 atom stereocenters. The molecule has 1 aliphatic heterocycles. The average Bonchev–Trinajstić information content (AvgIpc) is 3.30. The van der Waals surface area contributed by atoms with Gasteiger partial charge in [0, 0.05) is 42.1 Å². The molecular formula is C30H40O8. The maximum absolute atomic E-state index is 13.9. The zero-order valence-electron chi connectivity index (χ0n) is 23.4. The largest absolute Gasteiger partial charge is 0.472 e. The number of Topliss-reactive ketones (excluding diaryl/α,β-unsaturated/α-hetero) is 1. The molecular weight excluding hydrogens is 488 g/mol. The number of epoxide rings is 1. The molecule has 0 aromatic carbocycles. The number of carbonyl (C=O) groups excluding carboxylic acids is 3. The summed E-state index contributed by atoms with van der Waals surface area (Å²) < 4.78 is 24.1. The number of esters is 2. The van der Waals surface area contributed by atoms with E-state index in [1.807, 2.05) is 6.07 Å². The van der Waals surface area contributed by atoms with Crippen molar-refractivity contribution in [2.45, 2.75) is 110 Å². The Kier molecular flexibility index (Phi) is 5.29. The third-order valence-electron chi connectivity index (χ3n) is 12.1. The van der Waals surface area contributed by atoms with Gasteiger partial charge in [-0.1, -0.05) is 34.6 Å². The molecule has 8 heteroatoms. The molecule has 1 aromatic heterocycles. The lowest BCUT2D eigenvalue weighted by Gasteiger charge is -2.70. The van der Waals surface area contributed by atoms with E-state index >= 15 is 0 Å². The monoisotopic (exact) mass is 528 g/mol. The van der Waals surface area contributed by atoms with Crippen LogP contribution in [0.25, 0.3) is 0 Å². The van der Waals surface area contributed by atoms with E-state index in [9.17, 15) is 19.5 Å². The number of aliphatic hydroxyl groups is 1. The first kappa shape index (κ1) is 26.1. The first-order chi connectivity index (χ1) is 17.7. The van der Waals surface area contributed by atoms with Crippen molar-refractivity contribution >= 4 is 17.7 Å². The second-order valence-electron chi connectivity index (χ2n) is 13.8. The summed E-state index contributed by atoms with van der Waals surface area (Å²) in [6.45, 7) is 13.4. The van der Waals surface area contributed by atoms with E-state index in [2.05, 4.69) is 34.6 Å². The van der Waals surface area contributed by atoms with Crippen LogP contribution < -0.4 is 0 Å². The van der Waals surface area contributed by atoms with Gasteiger partial charge in [0.2, 0.25) is 0 Å². The molecule has 5 fully saturated rings. The minimum atomic E-state index is -0.822.